The molecule has 0 aliphatic rings. The molecule has 0 saturated carbocycles. The SMILES string of the molecule is CCCCN(C(=O)OC(C)(C)C)c1nnc(-c2cccc(Br)c2)o1. The molecule has 0 unspecified atom stereocenters. The summed E-state index contributed by atoms with van der Waals surface area (Å²) in [6, 6.07) is 7.68. The molecule has 7 heteroatoms. The van der Waals surface area contributed by atoms with E-state index in [1.165, 1.54) is 4.90 Å². The summed E-state index contributed by atoms with van der Waals surface area (Å²) in [5.41, 5.74) is 0.192. The Bertz CT molecular complexity index is 694. The van der Waals surface area contributed by atoms with Gasteiger partial charge in [-0.1, -0.05) is 40.4 Å². The number of unbranched alkanes of at least 4 members (excludes halogenated alkanes) is 1. The van der Waals surface area contributed by atoms with Crippen LogP contribution in [0.15, 0.2) is 33.2 Å². The van der Waals surface area contributed by atoms with E-state index in [9.17, 15) is 4.79 Å². The molecule has 130 valence electrons. The van der Waals surface area contributed by atoms with Gasteiger partial charge < -0.3 is 9.15 Å². The fraction of sp³-hybridized carbons (Fsp3) is 0.471. The van der Waals surface area contributed by atoms with Crippen molar-refractivity contribution in [3.63, 3.8) is 0 Å². The van der Waals surface area contributed by atoms with E-state index in [1.54, 1.807) is 0 Å². The molecule has 1 heterocycles. The van der Waals surface area contributed by atoms with E-state index >= 15 is 0 Å². The van der Waals surface area contributed by atoms with Crippen molar-refractivity contribution in [2.24, 2.45) is 0 Å². The van der Waals surface area contributed by atoms with Crippen molar-refractivity contribution in [1.29, 1.82) is 0 Å². The normalized spacial score (nSPS) is 11.4. The van der Waals surface area contributed by atoms with Crippen LogP contribution in [0.4, 0.5) is 10.8 Å². The van der Waals surface area contributed by atoms with E-state index in [0.29, 0.717) is 12.4 Å². The van der Waals surface area contributed by atoms with Crippen molar-refractivity contribution in [1.82, 2.24) is 10.2 Å². The van der Waals surface area contributed by atoms with Gasteiger partial charge >= 0.3 is 12.1 Å². The number of benzene rings is 1. The Labute approximate surface area is 150 Å². The molecule has 0 spiro atoms. The molecule has 2 rings (SSSR count). The molecule has 1 amide bonds. The van der Waals surface area contributed by atoms with Crippen LogP contribution in [-0.2, 0) is 4.74 Å². The first-order valence-corrected chi connectivity index (χ1v) is 8.69. The Morgan fingerprint density at radius 3 is 2.71 bits per heavy atom. The fourth-order valence-electron chi connectivity index (χ4n) is 1.96. The minimum absolute atomic E-state index is 0.146. The van der Waals surface area contributed by atoms with Gasteiger partial charge in [0.15, 0.2) is 0 Å². The van der Waals surface area contributed by atoms with Crippen molar-refractivity contribution in [2.75, 3.05) is 11.4 Å². The Hall–Kier alpha value is -1.89. The van der Waals surface area contributed by atoms with Crippen LogP contribution in [0.5, 0.6) is 0 Å². The fourth-order valence-corrected chi connectivity index (χ4v) is 2.36. The number of hydrogen-bond acceptors (Lipinski definition) is 5. The number of ether oxygens (including phenoxy) is 1. The number of carbonyl (C=O) groups excluding carboxylic acids is 1. The van der Waals surface area contributed by atoms with E-state index < -0.39 is 11.7 Å². The van der Waals surface area contributed by atoms with Crippen LogP contribution in [0, 0.1) is 0 Å². The number of anilines is 1. The molecule has 6 nitrogen and oxygen atoms in total. The van der Waals surface area contributed by atoms with Gasteiger partial charge in [-0.05, 0) is 45.4 Å². The average molecular weight is 396 g/mol. The third-order valence-electron chi connectivity index (χ3n) is 3.07. The number of hydrogen-bond donors (Lipinski definition) is 0. The van der Waals surface area contributed by atoms with Crippen molar-refractivity contribution >= 4 is 28.0 Å². The van der Waals surface area contributed by atoms with Crippen molar-refractivity contribution in [3.8, 4) is 11.5 Å². The first-order valence-electron chi connectivity index (χ1n) is 7.90. The maximum Gasteiger partial charge on any atom is 0.418 e. The zero-order valence-electron chi connectivity index (χ0n) is 14.4. The smallest absolute Gasteiger partial charge is 0.418 e. The number of aromatic nitrogens is 2. The van der Waals surface area contributed by atoms with E-state index in [-0.39, 0.29) is 6.01 Å². The van der Waals surface area contributed by atoms with Crippen LogP contribution in [0.25, 0.3) is 11.5 Å². The summed E-state index contributed by atoms with van der Waals surface area (Å²) < 4.78 is 12.1. The molecule has 0 aliphatic carbocycles. The summed E-state index contributed by atoms with van der Waals surface area (Å²) in [6.45, 7) is 7.98. The minimum Gasteiger partial charge on any atom is -0.443 e. The van der Waals surface area contributed by atoms with Gasteiger partial charge in [-0.25, -0.2) is 9.69 Å². The van der Waals surface area contributed by atoms with Crippen molar-refractivity contribution in [3.05, 3.63) is 28.7 Å². The third-order valence-corrected chi connectivity index (χ3v) is 3.56. The van der Waals surface area contributed by atoms with Gasteiger partial charge in [-0.3, -0.25) is 0 Å². The second-order valence-electron chi connectivity index (χ2n) is 6.39. The summed E-state index contributed by atoms with van der Waals surface area (Å²) in [5.74, 6) is 0.358. The molecule has 1 aromatic carbocycles. The predicted molar refractivity (Wildman–Crippen MR) is 95.9 cm³/mol. The summed E-state index contributed by atoms with van der Waals surface area (Å²) in [4.78, 5) is 13.8. The maximum atomic E-state index is 12.4. The molecular formula is C17H22BrN3O3. The highest BCUT2D eigenvalue weighted by atomic mass is 79.9. The number of nitrogens with zero attached hydrogens (tertiary/aromatic N) is 3. The Morgan fingerprint density at radius 1 is 1.33 bits per heavy atom. The number of amides is 1. The van der Waals surface area contributed by atoms with Gasteiger partial charge in [0.25, 0.3) is 0 Å². The monoisotopic (exact) mass is 395 g/mol. The van der Waals surface area contributed by atoms with Crippen LogP contribution < -0.4 is 4.90 Å². The molecule has 0 saturated heterocycles. The Kier molecular flexibility index (Phi) is 5.99. The van der Waals surface area contributed by atoms with Crippen LogP contribution >= 0.6 is 15.9 Å². The Morgan fingerprint density at radius 2 is 2.08 bits per heavy atom. The van der Waals surface area contributed by atoms with Gasteiger partial charge in [0, 0.05) is 16.6 Å². The lowest BCUT2D eigenvalue weighted by molar-refractivity contribution is 0.0572. The zero-order chi connectivity index (χ0) is 17.7. The first-order chi connectivity index (χ1) is 11.3. The quantitative estimate of drug-likeness (QED) is 0.708. The Balaban J connectivity index is 2.25. The summed E-state index contributed by atoms with van der Waals surface area (Å²) in [5, 5.41) is 8.07. The molecule has 0 bridgehead atoms. The molecule has 0 aliphatic heterocycles. The minimum atomic E-state index is -0.589. The van der Waals surface area contributed by atoms with E-state index in [2.05, 4.69) is 26.1 Å². The van der Waals surface area contributed by atoms with Gasteiger partial charge in [0.2, 0.25) is 5.89 Å². The highest BCUT2D eigenvalue weighted by Crippen LogP contribution is 2.25. The maximum absolute atomic E-state index is 12.4. The lowest BCUT2D eigenvalue weighted by atomic mass is 10.2. The molecule has 0 fully saturated rings. The second kappa shape index (κ2) is 7.79. The van der Waals surface area contributed by atoms with Gasteiger partial charge in [0.1, 0.15) is 5.60 Å². The van der Waals surface area contributed by atoms with Crippen molar-refractivity contribution in [2.45, 2.75) is 46.1 Å². The summed E-state index contributed by atoms with van der Waals surface area (Å²) in [6.07, 6.45) is 1.26. The predicted octanol–water partition coefficient (Wildman–Crippen LogP) is 5.04. The molecule has 0 N–H and O–H groups in total. The summed E-state index contributed by atoms with van der Waals surface area (Å²) in [7, 11) is 0. The van der Waals surface area contributed by atoms with Gasteiger partial charge in [-0.15, -0.1) is 5.10 Å². The second-order valence-corrected chi connectivity index (χ2v) is 7.30. The molecule has 0 radical (unpaired) electrons. The standard InChI is InChI=1S/C17H22BrN3O3/c1-5-6-10-21(16(22)24-17(2,3)4)15-20-19-14(23-15)12-8-7-9-13(18)11-12/h7-9,11H,5-6,10H2,1-4H3. The molecule has 0 atom stereocenters. The third kappa shape index (κ3) is 5.06. The van der Waals surface area contributed by atoms with E-state index in [1.807, 2.05) is 52.0 Å². The summed E-state index contributed by atoms with van der Waals surface area (Å²) >= 11 is 3.41. The number of rotatable bonds is 5. The molecular weight excluding hydrogens is 374 g/mol. The highest BCUT2D eigenvalue weighted by Gasteiger charge is 2.27. The van der Waals surface area contributed by atoms with Crippen LogP contribution in [0.1, 0.15) is 40.5 Å². The molecule has 1 aromatic heterocycles. The molecule has 24 heavy (non-hydrogen) atoms. The van der Waals surface area contributed by atoms with Crippen LogP contribution in [0.3, 0.4) is 0 Å². The topological polar surface area (TPSA) is 68.5 Å². The largest absolute Gasteiger partial charge is 0.443 e. The number of carbonyl (C=O) groups is 1. The number of halogens is 1. The lowest BCUT2D eigenvalue weighted by Gasteiger charge is -2.24. The highest BCUT2D eigenvalue weighted by molar-refractivity contribution is 9.10. The van der Waals surface area contributed by atoms with E-state index in [4.69, 9.17) is 9.15 Å². The van der Waals surface area contributed by atoms with Crippen LogP contribution in [0.2, 0.25) is 0 Å². The lowest BCUT2D eigenvalue weighted by Crippen LogP contribution is -2.37. The van der Waals surface area contributed by atoms with Gasteiger partial charge in [-0.2, -0.15) is 0 Å². The van der Waals surface area contributed by atoms with Crippen LogP contribution in [-0.4, -0.2) is 28.4 Å². The van der Waals surface area contributed by atoms with E-state index in [0.717, 1.165) is 22.9 Å². The van der Waals surface area contributed by atoms with Crippen molar-refractivity contribution < 1.29 is 13.9 Å². The average Bonchev–Trinajstić information content (AvgIpc) is 2.95. The zero-order valence-corrected chi connectivity index (χ0v) is 16.0. The van der Waals surface area contributed by atoms with Gasteiger partial charge in [0.05, 0.1) is 0 Å². The first kappa shape index (κ1) is 18.4. The molecule has 2 aromatic rings.